The maximum absolute atomic E-state index is 5.80. The average Bonchev–Trinajstić information content (AvgIpc) is 3.18. The largest absolute Gasteiger partial charge is 0.455 e. The molecule has 0 aliphatic carbocycles. The molecule has 27 heavy (non-hydrogen) atoms. The minimum atomic E-state index is 0.301. The molecular formula is C20H16N6O. The van der Waals surface area contributed by atoms with E-state index in [1.54, 1.807) is 12.4 Å². The molecule has 0 aliphatic rings. The van der Waals surface area contributed by atoms with Crippen molar-refractivity contribution in [3.8, 4) is 22.6 Å². The second-order valence-electron chi connectivity index (χ2n) is 5.73. The average molecular weight is 356 g/mol. The first-order chi connectivity index (χ1) is 13.3. The Kier molecular flexibility index (Phi) is 4.57. The van der Waals surface area contributed by atoms with E-state index in [9.17, 15) is 0 Å². The van der Waals surface area contributed by atoms with Crippen LogP contribution in [0, 0.1) is 0 Å². The van der Waals surface area contributed by atoms with E-state index in [0.29, 0.717) is 28.9 Å². The van der Waals surface area contributed by atoms with E-state index in [-0.39, 0.29) is 0 Å². The summed E-state index contributed by atoms with van der Waals surface area (Å²) >= 11 is 0. The van der Waals surface area contributed by atoms with E-state index < -0.39 is 0 Å². The van der Waals surface area contributed by atoms with E-state index in [0.717, 1.165) is 11.1 Å². The molecular weight excluding hydrogens is 340 g/mol. The first kappa shape index (κ1) is 16.5. The first-order valence-corrected chi connectivity index (χ1v) is 8.28. The maximum Gasteiger partial charge on any atom is 0.263 e. The molecule has 0 unspecified atom stereocenters. The van der Waals surface area contributed by atoms with E-state index >= 15 is 0 Å². The van der Waals surface area contributed by atoms with Crippen molar-refractivity contribution < 1.29 is 4.42 Å². The van der Waals surface area contributed by atoms with Gasteiger partial charge >= 0.3 is 0 Å². The molecule has 0 saturated carbocycles. The van der Waals surface area contributed by atoms with Crippen LogP contribution < -0.4 is 11.2 Å². The van der Waals surface area contributed by atoms with Gasteiger partial charge in [0.2, 0.25) is 0 Å². The number of rotatable bonds is 5. The van der Waals surface area contributed by atoms with Gasteiger partial charge in [-0.1, -0.05) is 42.5 Å². The van der Waals surface area contributed by atoms with Gasteiger partial charge in [0.15, 0.2) is 0 Å². The summed E-state index contributed by atoms with van der Waals surface area (Å²) in [6.45, 7) is 0. The molecule has 132 valence electrons. The second-order valence-corrected chi connectivity index (χ2v) is 5.73. The van der Waals surface area contributed by atoms with E-state index in [4.69, 9.17) is 10.2 Å². The van der Waals surface area contributed by atoms with E-state index in [1.165, 1.54) is 0 Å². The monoisotopic (exact) mass is 356 g/mol. The third-order valence-electron chi connectivity index (χ3n) is 3.78. The molecule has 7 nitrogen and oxygen atoms in total. The molecule has 0 radical (unpaired) electrons. The molecule has 0 atom stereocenters. The summed E-state index contributed by atoms with van der Waals surface area (Å²) in [5, 5.41) is 12.0. The lowest BCUT2D eigenvalue weighted by Crippen LogP contribution is -1.99. The number of benzene rings is 2. The van der Waals surface area contributed by atoms with Crippen molar-refractivity contribution in [3.05, 3.63) is 78.7 Å². The van der Waals surface area contributed by atoms with E-state index in [2.05, 4.69) is 25.7 Å². The summed E-state index contributed by atoms with van der Waals surface area (Å²) in [7, 11) is 0. The Bertz CT molecular complexity index is 1070. The normalized spacial score (nSPS) is 11.0. The number of hydrazone groups is 1. The van der Waals surface area contributed by atoms with Crippen molar-refractivity contribution in [2.45, 2.75) is 0 Å². The number of hydrogen-bond donors (Lipinski definition) is 2. The van der Waals surface area contributed by atoms with Gasteiger partial charge in [0.05, 0.1) is 18.1 Å². The van der Waals surface area contributed by atoms with E-state index in [1.807, 2.05) is 66.7 Å². The molecule has 0 spiro atoms. The minimum absolute atomic E-state index is 0.301. The number of anilines is 2. The van der Waals surface area contributed by atoms with Gasteiger partial charge in [-0.3, -0.25) is 0 Å². The molecule has 7 heteroatoms. The van der Waals surface area contributed by atoms with Gasteiger partial charge < -0.3 is 10.2 Å². The van der Waals surface area contributed by atoms with Crippen LogP contribution >= 0.6 is 0 Å². The van der Waals surface area contributed by atoms with Gasteiger partial charge in [-0.05, 0) is 24.3 Å². The summed E-state index contributed by atoms with van der Waals surface area (Å²) in [5.41, 5.74) is 11.8. The van der Waals surface area contributed by atoms with Crippen molar-refractivity contribution in [2.24, 2.45) is 5.10 Å². The minimum Gasteiger partial charge on any atom is -0.455 e. The van der Waals surface area contributed by atoms with Crippen LogP contribution in [0.5, 0.6) is 0 Å². The summed E-state index contributed by atoms with van der Waals surface area (Å²) in [6, 6.07) is 20.9. The molecule has 0 bridgehead atoms. The molecule has 2 aromatic carbocycles. The first-order valence-electron chi connectivity index (χ1n) is 8.28. The smallest absolute Gasteiger partial charge is 0.263 e. The highest BCUT2D eigenvalue weighted by Gasteiger charge is 2.04. The molecule has 0 amide bonds. The zero-order valence-electron chi connectivity index (χ0n) is 14.3. The highest BCUT2D eigenvalue weighted by molar-refractivity contribution is 5.78. The Balaban J connectivity index is 1.46. The molecule has 0 saturated heterocycles. The van der Waals surface area contributed by atoms with Crippen LogP contribution in [-0.4, -0.2) is 21.4 Å². The Morgan fingerprint density at radius 2 is 1.81 bits per heavy atom. The molecule has 3 N–H and O–H groups in total. The van der Waals surface area contributed by atoms with Gasteiger partial charge in [0.1, 0.15) is 11.5 Å². The number of furan rings is 1. The van der Waals surface area contributed by atoms with Crippen molar-refractivity contribution >= 4 is 17.9 Å². The van der Waals surface area contributed by atoms with Crippen molar-refractivity contribution in [1.29, 1.82) is 0 Å². The standard InChI is InChI=1S/C20H16N6O/c21-16-8-4-7-15(11-16)19-10-9-17(27-19)12-22-25-20-24-18(13-23-26-20)14-5-2-1-3-6-14/h1-13H,21H2,(H,24,25,26)/b22-12+. The fourth-order valence-corrected chi connectivity index (χ4v) is 2.52. The number of nitrogens with two attached hydrogens (primary N) is 1. The van der Waals surface area contributed by atoms with Crippen molar-refractivity contribution in [2.75, 3.05) is 11.2 Å². The summed E-state index contributed by atoms with van der Waals surface area (Å²) in [5.74, 6) is 1.61. The van der Waals surface area contributed by atoms with Crippen molar-refractivity contribution in [3.63, 3.8) is 0 Å². The molecule has 0 aliphatic heterocycles. The predicted octanol–water partition coefficient (Wildman–Crippen LogP) is 3.83. The second kappa shape index (κ2) is 7.49. The molecule has 4 rings (SSSR count). The Morgan fingerprint density at radius 3 is 2.67 bits per heavy atom. The Hall–Kier alpha value is -4.00. The summed E-state index contributed by atoms with van der Waals surface area (Å²) in [4.78, 5) is 4.39. The zero-order valence-corrected chi connectivity index (χ0v) is 14.3. The van der Waals surface area contributed by atoms with Crippen molar-refractivity contribution in [1.82, 2.24) is 15.2 Å². The third-order valence-corrected chi connectivity index (χ3v) is 3.78. The molecule has 4 aromatic rings. The number of nitrogen functional groups attached to an aromatic ring is 1. The fourth-order valence-electron chi connectivity index (χ4n) is 2.52. The van der Waals surface area contributed by atoms with Crippen LogP contribution in [0.15, 0.2) is 82.4 Å². The topological polar surface area (TPSA) is 102 Å². The highest BCUT2D eigenvalue weighted by Crippen LogP contribution is 2.23. The van der Waals surface area contributed by atoms with Crippen LogP contribution in [0.1, 0.15) is 5.76 Å². The maximum atomic E-state index is 5.80. The molecule has 2 aromatic heterocycles. The summed E-state index contributed by atoms with van der Waals surface area (Å²) < 4.78 is 5.75. The lowest BCUT2D eigenvalue weighted by Gasteiger charge is -2.01. The van der Waals surface area contributed by atoms with Gasteiger partial charge in [-0.15, -0.1) is 5.10 Å². The van der Waals surface area contributed by atoms with Crippen LogP contribution in [0.3, 0.4) is 0 Å². The SMILES string of the molecule is Nc1cccc(-c2ccc(/C=N/Nc3nncc(-c4ccccc4)n3)o2)c1. The Morgan fingerprint density at radius 1 is 0.963 bits per heavy atom. The lowest BCUT2D eigenvalue weighted by molar-refractivity contribution is 0.575. The fraction of sp³-hybridized carbons (Fsp3) is 0. The van der Waals surface area contributed by atoms with Gasteiger partial charge in [-0.25, -0.2) is 10.4 Å². The van der Waals surface area contributed by atoms with Gasteiger partial charge in [0.25, 0.3) is 5.95 Å². The third kappa shape index (κ3) is 3.98. The Labute approximate surface area is 155 Å². The van der Waals surface area contributed by atoms with Crippen LogP contribution in [0.2, 0.25) is 0 Å². The molecule has 0 fully saturated rings. The lowest BCUT2D eigenvalue weighted by atomic mass is 10.1. The quantitative estimate of drug-likeness (QED) is 0.320. The van der Waals surface area contributed by atoms with Gasteiger partial charge in [0, 0.05) is 16.8 Å². The van der Waals surface area contributed by atoms with Crippen LogP contribution in [-0.2, 0) is 0 Å². The zero-order chi connectivity index (χ0) is 18.5. The van der Waals surface area contributed by atoms with Crippen LogP contribution in [0.4, 0.5) is 11.6 Å². The highest BCUT2D eigenvalue weighted by atomic mass is 16.3. The predicted molar refractivity (Wildman–Crippen MR) is 105 cm³/mol. The number of hydrogen-bond acceptors (Lipinski definition) is 7. The number of nitrogens with one attached hydrogen (secondary N) is 1. The molecule has 2 heterocycles. The number of nitrogens with zero attached hydrogens (tertiary/aromatic N) is 4. The van der Waals surface area contributed by atoms with Gasteiger partial charge in [-0.2, -0.15) is 10.2 Å². The summed E-state index contributed by atoms with van der Waals surface area (Å²) in [6.07, 6.45) is 3.16. The number of aromatic nitrogens is 3. The van der Waals surface area contributed by atoms with Crippen LogP contribution in [0.25, 0.3) is 22.6 Å².